The van der Waals surface area contributed by atoms with Crippen molar-refractivity contribution >= 4 is 0 Å². The van der Waals surface area contributed by atoms with Gasteiger partial charge in [0.15, 0.2) is 5.89 Å². The summed E-state index contributed by atoms with van der Waals surface area (Å²) in [5.74, 6) is 1.57. The van der Waals surface area contributed by atoms with Gasteiger partial charge in [0.05, 0.1) is 5.69 Å². The second-order valence-corrected chi connectivity index (χ2v) is 4.53. The Morgan fingerprint density at radius 3 is 3.11 bits per heavy atom. The number of hydrogen-bond donors (Lipinski definition) is 1. The molecule has 4 heteroatoms. The van der Waals surface area contributed by atoms with Crippen LogP contribution < -0.4 is 5.32 Å². The van der Waals surface area contributed by atoms with Gasteiger partial charge < -0.3 is 9.73 Å². The van der Waals surface area contributed by atoms with Crippen molar-refractivity contribution in [1.82, 2.24) is 10.3 Å². The summed E-state index contributed by atoms with van der Waals surface area (Å²) in [6.07, 6.45) is 2.38. The third-order valence-electron chi connectivity index (χ3n) is 3.16. The lowest BCUT2D eigenvalue weighted by Gasteiger charge is -2.08. The van der Waals surface area contributed by atoms with Gasteiger partial charge in [-0.15, -0.1) is 0 Å². The van der Waals surface area contributed by atoms with E-state index in [1.165, 1.54) is 6.07 Å². The lowest BCUT2D eigenvalue weighted by molar-refractivity contribution is 0.438. The maximum atomic E-state index is 13.0. The van der Waals surface area contributed by atoms with Gasteiger partial charge in [-0.3, -0.25) is 0 Å². The molecule has 0 radical (unpaired) electrons. The molecular formula is C14H15FN2O. The number of aromatic nitrogens is 1. The third kappa shape index (κ3) is 2.43. The summed E-state index contributed by atoms with van der Waals surface area (Å²) in [5.41, 5.74) is 2.00. The molecule has 18 heavy (non-hydrogen) atoms. The highest BCUT2D eigenvalue weighted by Crippen LogP contribution is 2.16. The van der Waals surface area contributed by atoms with Crippen LogP contribution in [-0.2, 0) is 25.8 Å². The number of benzene rings is 1. The second-order valence-electron chi connectivity index (χ2n) is 4.53. The smallest absolute Gasteiger partial charge is 0.195 e. The van der Waals surface area contributed by atoms with E-state index in [9.17, 15) is 4.39 Å². The Balaban J connectivity index is 1.68. The molecule has 2 heterocycles. The molecule has 0 amide bonds. The van der Waals surface area contributed by atoms with Crippen molar-refractivity contribution in [2.75, 3.05) is 6.54 Å². The van der Waals surface area contributed by atoms with E-state index in [4.69, 9.17) is 4.42 Å². The molecule has 2 aromatic rings. The summed E-state index contributed by atoms with van der Waals surface area (Å²) in [6, 6.07) is 6.67. The SMILES string of the molecule is Fc1cccc(CCc2nc3c(o2)CCNC3)c1. The first-order chi connectivity index (χ1) is 8.81. The van der Waals surface area contributed by atoms with Gasteiger partial charge in [-0.2, -0.15) is 0 Å². The van der Waals surface area contributed by atoms with Crippen LogP contribution in [0.15, 0.2) is 28.7 Å². The Bertz CT molecular complexity index is 527. The number of aryl methyl sites for hydroxylation is 2. The monoisotopic (exact) mass is 246 g/mol. The molecule has 0 bridgehead atoms. The van der Waals surface area contributed by atoms with Crippen molar-refractivity contribution in [3.05, 3.63) is 53.0 Å². The summed E-state index contributed by atoms with van der Waals surface area (Å²) in [4.78, 5) is 4.47. The number of rotatable bonds is 3. The van der Waals surface area contributed by atoms with E-state index in [1.54, 1.807) is 12.1 Å². The summed E-state index contributed by atoms with van der Waals surface area (Å²) in [5, 5.41) is 3.26. The minimum Gasteiger partial charge on any atom is -0.445 e. The summed E-state index contributed by atoms with van der Waals surface area (Å²) >= 11 is 0. The summed E-state index contributed by atoms with van der Waals surface area (Å²) in [6.45, 7) is 1.74. The van der Waals surface area contributed by atoms with Gasteiger partial charge in [-0.25, -0.2) is 9.37 Å². The molecule has 0 aliphatic carbocycles. The molecule has 0 unspecified atom stereocenters. The van der Waals surface area contributed by atoms with Gasteiger partial charge in [0, 0.05) is 25.9 Å². The molecular weight excluding hydrogens is 231 g/mol. The molecule has 94 valence electrons. The Kier molecular flexibility index (Phi) is 3.11. The van der Waals surface area contributed by atoms with Crippen molar-refractivity contribution in [3.8, 4) is 0 Å². The van der Waals surface area contributed by atoms with Gasteiger partial charge in [0.1, 0.15) is 11.6 Å². The molecule has 0 saturated carbocycles. The maximum absolute atomic E-state index is 13.0. The fraction of sp³-hybridized carbons (Fsp3) is 0.357. The van der Waals surface area contributed by atoms with Crippen molar-refractivity contribution in [2.24, 2.45) is 0 Å². The molecule has 1 aromatic heterocycles. The first-order valence-electron chi connectivity index (χ1n) is 6.24. The number of halogens is 1. The normalized spacial score (nSPS) is 14.5. The van der Waals surface area contributed by atoms with Gasteiger partial charge >= 0.3 is 0 Å². The standard InChI is InChI=1S/C14H15FN2O/c15-11-3-1-2-10(8-11)4-5-14-17-12-9-16-7-6-13(12)18-14/h1-3,8,16H,4-7,9H2. The highest BCUT2D eigenvalue weighted by molar-refractivity contribution is 5.18. The van der Waals surface area contributed by atoms with Gasteiger partial charge in [0.25, 0.3) is 0 Å². The van der Waals surface area contributed by atoms with Crippen LogP contribution in [0.5, 0.6) is 0 Å². The zero-order valence-corrected chi connectivity index (χ0v) is 10.1. The van der Waals surface area contributed by atoms with Crippen LogP contribution in [-0.4, -0.2) is 11.5 Å². The second kappa shape index (κ2) is 4.90. The summed E-state index contributed by atoms with van der Waals surface area (Å²) in [7, 11) is 0. The van der Waals surface area contributed by atoms with Crippen LogP contribution in [0, 0.1) is 5.82 Å². The van der Waals surface area contributed by atoms with Crippen molar-refractivity contribution in [1.29, 1.82) is 0 Å². The van der Waals surface area contributed by atoms with Crippen molar-refractivity contribution in [2.45, 2.75) is 25.8 Å². The van der Waals surface area contributed by atoms with Crippen molar-refractivity contribution < 1.29 is 8.81 Å². The van der Waals surface area contributed by atoms with Crippen LogP contribution in [0.3, 0.4) is 0 Å². The summed E-state index contributed by atoms with van der Waals surface area (Å²) < 4.78 is 18.7. The minimum atomic E-state index is -0.191. The van der Waals surface area contributed by atoms with Gasteiger partial charge in [0.2, 0.25) is 0 Å². The Labute approximate surface area is 105 Å². The van der Waals surface area contributed by atoms with Crippen LogP contribution in [0.4, 0.5) is 4.39 Å². The predicted molar refractivity (Wildman–Crippen MR) is 65.7 cm³/mol. The van der Waals surface area contributed by atoms with E-state index in [0.29, 0.717) is 0 Å². The molecule has 1 aromatic carbocycles. The van der Waals surface area contributed by atoms with Gasteiger partial charge in [-0.1, -0.05) is 12.1 Å². The topological polar surface area (TPSA) is 38.1 Å². The Hall–Kier alpha value is -1.68. The number of fused-ring (bicyclic) bond motifs is 1. The minimum absolute atomic E-state index is 0.191. The van der Waals surface area contributed by atoms with E-state index in [0.717, 1.165) is 55.3 Å². The van der Waals surface area contributed by atoms with Crippen LogP contribution in [0.2, 0.25) is 0 Å². The van der Waals surface area contributed by atoms with E-state index >= 15 is 0 Å². The lowest BCUT2D eigenvalue weighted by atomic mass is 10.1. The zero-order valence-electron chi connectivity index (χ0n) is 10.1. The molecule has 0 saturated heterocycles. The number of nitrogens with zero attached hydrogens (tertiary/aromatic N) is 1. The van der Waals surface area contributed by atoms with Gasteiger partial charge in [-0.05, 0) is 24.1 Å². The average molecular weight is 246 g/mol. The van der Waals surface area contributed by atoms with E-state index in [-0.39, 0.29) is 5.82 Å². The lowest BCUT2D eigenvalue weighted by Crippen LogP contribution is -2.22. The third-order valence-corrected chi connectivity index (χ3v) is 3.16. The largest absolute Gasteiger partial charge is 0.445 e. The fourth-order valence-electron chi connectivity index (χ4n) is 2.23. The first-order valence-corrected chi connectivity index (χ1v) is 6.24. The average Bonchev–Trinajstić information content (AvgIpc) is 2.79. The first kappa shape index (κ1) is 11.4. The Morgan fingerprint density at radius 1 is 1.33 bits per heavy atom. The number of oxazole rings is 1. The van der Waals surface area contributed by atoms with E-state index in [2.05, 4.69) is 10.3 Å². The molecule has 1 aliphatic rings. The van der Waals surface area contributed by atoms with Crippen LogP contribution in [0.25, 0.3) is 0 Å². The molecule has 1 N–H and O–H groups in total. The van der Waals surface area contributed by atoms with Crippen LogP contribution >= 0.6 is 0 Å². The Morgan fingerprint density at radius 2 is 2.28 bits per heavy atom. The molecule has 0 fully saturated rings. The maximum Gasteiger partial charge on any atom is 0.195 e. The number of nitrogens with one attached hydrogen (secondary N) is 1. The predicted octanol–water partition coefficient (Wildman–Crippen LogP) is 2.24. The number of hydrogen-bond acceptors (Lipinski definition) is 3. The zero-order chi connectivity index (χ0) is 12.4. The van der Waals surface area contributed by atoms with Crippen LogP contribution in [0.1, 0.15) is 22.9 Å². The highest BCUT2D eigenvalue weighted by atomic mass is 19.1. The molecule has 3 rings (SSSR count). The molecule has 1 aliphatic heterocycles. The van der Waals surface area contributed by atoms with Crippen molar-refractivity contribution in [3.63, 3.8) is 0 Å². The fourth-order valence-corrected chi connectivity index (χ4v) is 2.23. The molecule has 0 spiro atoms. The molecule has 0 atom stereocenters. The van der Waals surface area contributed by atoms with E-state index in [1.807, 2.05) is 6.07 Å². The molecule has 3 nitrogen and oxygen atoms in total. The highest BCUT2D eigenvalue weighted by Gasteiger charge is 2.16. The van der Waals surface area contributed by atoms with E-state index < -0.39 is 0 Å². The quantitative estimate of drug-likeness (QED) is 0.902.